The number of nitrogens with two attached hydrogens (primary N) is 1. The van der Waals surface area contributed by atoms with Crippen molar-refractivity contribution in [1.29, 1.82) is 0 Å². The zero-order chi connectivity index (χ0) is 19.3. The summed E-state index contributed by atoms with van der Waals surface area (Å²) >= 11 is 1.25. The molecular weight excluding hydrogens is 380 g/mol. The van der Waals surface area contributed by atoms with Gasteiger partial charge >= 0.3 is 12.0 Å². The number of likely N-dealkylation sites (tertiary alicyclic amines) is 1. The van der Waals surface area contributed by atoms with E-state index in [2.05, 4.69) is 29.2 Å². The zero-order valence-electron chi connectivity index (χ0n) is 15.3. The molecule has 11 heteroatoms. The number of fused-ring (bicyclic) bond motifs is 1. The van der Waals surface area contributed by atoms with Gasteiger partial charge in [-0.1, -0.05) is 0 Å². The molecule has 0 aliphatic carbocycles. The smallest absolute Gasteiger partial charge is 0.328 e. The Kier molecular flexibility index (Phi) is 3.86. The van der Waals surface area contributed by atoms with E-state index in [0.29, 0.717) is 12.6 Å². The molecule has 0 aromatic carbocycles. The van der Waals surface area contributed by atoms with Gasteiger partial charge in [-0.2, -0.15) is 4.98 Å². The minimum absolute atomic E-state index is 0.156. The standard InChI is InChI=1S/C17H20N8O2S/c1-27-16-22-14(28-23-16)11-7-17(25(11)15(18)26)4-2-6-24(8-17)13-10-3-5-19-12(10)20-9-21-13/h3,5,9,11H,2,4,6-8H2,1H3,(H2,18,26)(H,19,20,21). The van der Waals surface area contributed by atoms with E-state index in [-0.39, 0.29) is 11.6 Å². The summed E-state index contributed by atoms with van der Waals surface area (Å²) in [4.78, 5) is 32.6. The Bertz CT molecular complexity index is 1040. The van der Waals surface area contributed by atoms with E-state index in [1.807, 2.05) is 12.3 Å². The minimum atomic E-state index is -0.429. The molecule has 2 aliphatic heterocycles. The Hall–Kier alpha value is -2.95. The van der Waals surface area contributed by atoms with Gasteiger partial charge in [-0.05, 0) is 36.9 Å². The first kappa shape index (κ1) is 17.2. The lowest BCUT2D eigenvalue weighted by molar-refractivity contribution is -0.0412. The Balaban J connectivity index is 1.44. The number of H-pyrrole nitrogens is 1. The summed E-state index contributed by atoms with van der Waals surface area (Å²) in [6, 6.07) is 1.72. The third kappa shape index (κ3) is 2.49. The molecule has 28 heavy (non-hydrogen) atoms. The van der Waals surface area contributed by atoms with Gasteiger partial charge in [0.05, 0.1) is 24.1 Å². The first-order valence-corrected chi connectivity index (χ1v) is 9.88. The number of methoxy groups -OCH3 is 1. The molecule has 2 saturated heterocycles. The molecule has 0 bridgehead atoms. The lowest BCUT2D eigenvalue weighted by Crippen LogP contribution is -2.70. The van der Waals surface area contributed by atoms with Crippen molar-refractivity contribution in [3.05, 3.63) is 23.6 Å². The number of urea groups is 1. The van der Waals surface area contributed by atoms with Gasteiger partial charge in [0.1, 0.15) is 22.8 Å². The average Bonchev–Trinajstić information content (AvgIpc) is 3.34. The monoisotopic (exact) mass is 400 g/mol. The fourth-order valence-electron chi connectivity index (χ4n) is 4.56. The number of hydrogen-bond donors (Lipinski definition) is 2. The van der Waals surface area contributed by atoms with Crippen LogP contribution in [0.15, 0.2) is 18.6 Å². The highest BCUT2D eigenvalue weighted by Crippen LogP contribution is 2.51. The van der Waals surface area contributed by atoms with Gasteiger partial charge < -0.3 is 25.3 Å². The van der Waals surface area contributed by atoms with Crippen LogP contribution in [0.4, 0.5) is 10.6 Å². The molecule has 2 atom stereocenters. The SMILES string of the molecule is COc1nsc(C2CC3(CCCN(c4ncnc5[nH]ccc45)C3)N2C(N)=O)n1. The average molecular weight is 400 g/mol. The molecule has 2 aliphatic rings. The molecule has 5 heterocycles. The number of carbonyl (C=O) groups is 1. The fourth-order valence-corrected chi connectivity index (χ4v) is 5.28. The Morgan fingerprint density at radius 1 is 1.46 bits per heavy atom. The van der Waals surface area contributed by atoms with Gasteiger partial charge in [0.25, 0.3) is 0 Å². The first-order valence-electron chi connectivity index (χ1n) is 9.11. The predicted molar refractivity (Wildman–Crippen MR) is 103 cm³/mol. The van der Waals surface area contributed by atoms with Crippen LogP contribution in [0.3, 0.4) is 0 Å². The highest BCUT2D eigenvalue weighted by atomic mass is 32.1. The number of carbonyl (C=O) groups excluding carboxylic acids is 1. The molecule has 2 fully saturated rings. The van der Waals surface area contributed by atoms with E-state index in [9.17, 15) is 4.79 Å². The van der Waals surface area contributed by atoms with Crippen molar-refractivity contribution in [3.8, 4) is 6.01 Å². The summed E-state index contributed by atoms with van der Waals surface area (Å²) in [5.74, 6) is 0.885. The summed E-state index contributed by atoms with van der Waals surface area (Å²) in [6.07, 6.45) is 6.08. The van der Waals surface area contributed by atoms with Crippen molar-refractivity contribution in [2.45, 2.75) is 30.8 Å². The van der Waals surface area contributed by atoms with E-state index < -0.39 is 6.03 Å². The number of aromatic nitrogens is 5. The molecule has 10 nitrogen and oxygen atoms in total. The van der Waals surface area contributed by atoms with Crippen molar-refractivity contribution >= 4 is 34.4 Å². The van der Waals surface area contributed by atoms with Crippen molar-refractivity contribution < 1.29 is 9.53 Å². The minimum Gasteiger partial charge on any atom is -0.466 e. The summed E-state index contributed by atoms with van der Waals surface area (Å²) < 4.78 is 9.24. The second-order valence-electron chi connectivity index (χ2n) is 7.23. The Labute approximate surface area is 164 Å². The lowest BCUT2D eigenvalue weighted by Gasteiger charge is -2.60. The molecule has 146 valence electrons. The summed E-state index contributed by atoms with van der Waals surface area (Å²) in [7, 11) is 1.53. The van der Waals surface area contributed by atoms with Gasteiger partial charge in [-0.15, -0.1) is 4.37 Å². The summed E-state index contributed by atoms with van der Waals surface area (Å²) in [5, 5.41) is 1.74. The largest absolute Gasteiger partial charge is 0.466 e. The Morgan fingerprint density at radius 3 is 3.14 bits per heavy atom. The molecule has 5 rings (SSSR count). The maximum Gasteiger partial charge on any atom is 0.328 e. The predicted octanol–water partition coefficient (Wildman–Crippen LogP) is 1.68. The number of amides is 2. The van der Waals surface area contributed by atoms with Gasteiger partial charge in [0.2, 0.25) is 0 Å². The van der Waals surface area contributed by atoms with Crippen LogP contribution in [0.1, 0.15) is 30.3 Å². The zero-order valence-corrected chi connectivity index (χ0v) is 16.1. The van der Waals surface area contributed by atoms with Crippen molar-refractivity contribution in [2.75, 3.05) is 25.1 Å². The van der Waals surface area contributed by atoms with Gasteiger partial charge in [-0.25, -0.2) is 14.8 Å². The third-order valence-corrected chi connectivity index (χ3v) is 6.51. The van der Waals surface area contributed by atoms with E-state index in [4.69, 9.17) is 10.5 Å². The molecule has 0 radical (unpaired) electrons. The van der Waals surface area contributed by atoms with Gasteiger partial charge in [-0.3, -0.25) is 0 Å². The number of aromatic amines is 1. The normalized spacial score (nSPS) is 24.5. The second-order valence-corrected chi connectivity index (χ2v) is 8.02. The van der Waals surface area contributed by atoms with Crippen LogP contribution in [0.2, 0.25) is 0 Å². The maximum absolute atomic E-state index is 12.4. The molecule has 2 unspecified atom stereocenters. The van der Waals surface area contributed by atoms with E-state index in [1.165, 1.54) is 18.6 Å². The molecule has 0 saturated carbocycles. The molecule has 3 aromatic heterocycles. The number of nitrogens with zero attached hydrogens (tertiary/aromatic N) is 6. The number of rotatable bonds is 3. The van der Waals surface area contributed by atoms with Crippen molar-refractivity contribution in [2.24, 2.45) is 5.73 Å². The third-order valence-electron chi connectivity index (χ3n) is 5.71. The van der Waals surface area contributed by atoms with E-state index >= 15 is 0 Å². The van der Waals surface area contributed by atoms with Crippen LogP contribution < -0.4 is 15.4 Å². The van der Waals surface area contributed by atoms with Crippen LogP contribution >= 0.6 is 11.5 Å². The lowest BCUT2D eigenvalue weighted by atomic mass is 9.73. The van der Waals surface area contributed by atoms with Crippen LogP contribution in [-0.2, 0) is 0 Å². The summed E-state index contributed by atoms with van der Waals surface area (Å²) in [6.45, 7) is 1.56. The first-order chi connectivity index (χ1) is 13.6. The molecule has 3 N–H and O–H groups in total. The summed E-state index contributed by atoms with van der Waals surface area (Å²) in [5.41, 5.74) is 6.28. The maximum atomic E-state index is 12.4. The van der Waals surface area contributed by atoms with Crippen LogP contribution in [0.25, 0.3) is 11.0 Å². The quantitative estimate of drug-likeness (QED) is 0.685. The van der Waals surface area contributed by atoms with Crippen molar-refractivity contribution in [3.63, 3.8) is 0 Å². The Morgan fingerprint density at radius 2 is 2.36 bits per heavy atom. The molecular formula is C17H20N8O2S. The number of piperidine rings is 1. The second kappa shape index (κ2) is 6.30. The highest BCUT2D eigenvalue weighted by Gasteiger charge is 2.57. The number of hydrogen-bond acceptors (Lipinski definition) is 8. The highest BCUT2D eigenvalue weighted by molar-refractivity contribution is 7.05. The van der Waals surface area contributed by atoms with Crippen LogP contribution in [-0.4, -0.2) is 61.0 Å². The van der Waals surface area contributed by atoms with Crippen molar-refractivity contribution in [1.82, 2.24) is 29.2 Å². The molecule has 3 aromatic rings. The number of ether oxygens (including phenoxy) is 1. The number of nitrogens with one attached hydrogen (secondary N) is 1. The van der Waals surface area contributed by atoms with E-state index in [1.54, 1.807) is 11.2 Å². The van der Waals surface area contributed by atoms with E-state index in [0.717, 1.165) is 47.7 Å². The molecule has 1 spiro atoms. The number of primary amides is 1. The van der Waals surface area contributed by atoms with Crippen LogP contribution in [0.5, 0.6) is 6.01 Å². The van der Waals surface area contributed by atoms with Gasteiger partial charge in [0, 0.05) is 19.3 Å². The van der Waals surface area contributed by atoms with Gasteiger partial charge in [0.15, 0.2) is 0 Å². The number of anilines is 1. The fraction of sp³-hybridized carbons (Fsp3) is 0.471. The molecule has 2 amide bonds. The topological polar surface area (TPSA) is 126 Å². The van der Waals surface area contributed by atoms with Crippen LogP contribution in [0, 0.1) is 0 Å².